The standard InChI is InChI=1S/C30H33N7O4/c1-30(2)23-15-20(9-10-21(23)28(39)36(30)3)32-26-16-24(33-25(18-38)19-7-5-4-6-8-19)22(17-31-26)27-34-29(35-41-27)37-11-13-40-14-12-37/h4-10,15-17,25,38H,11-14,18H2,1-3H3,(H2,31,32,33)/t25-/m1/s1. The number of anilines is 4. The zero-order valence-electron chi connectivity index (χ0n) is 23.3. The number of amides is 1. The molecule has 11 heteroatoms. The Morgan fingerprint density at radius 3 is 2.61 bits per heavy atom. The summed E-state index contributed by atoms with van der Waals surface area (Å²) in [7, 11) is 1.82. The first kappa shape index (κ1) is 26.7. The van der Waals surface area contributed by atoms with Crippen molar-refractivity contribution >= 4 is 29.0 Å². The molecule has 0 saturated carbocycles. The van der Waals surface area contributed by atoms with Crippen molar-refractivity contribution in [1.29, 1.82) is 0 Å². The number of nitrogens with one attached hydrogen (secondary N) is 2. The van der Waals surface area contributed by atoms with Crippen LogP contribution in [0.5, 0.6) is 0 Å². The molecule has 0 unspecified atom stereocenters. The minimum absolute atomic E-state index is 0.0116. The van der Waals surface area contributed by atoms with Gasteiger partial charge in [0.2, 0.25) is 0 Å². The van der Waals surface area contributed by atoms with Crippen molar-refractivity contribution < 1.29 is 19.2 Å². The molecule has 41 heavy (non-hydrogen) atoms. The van der Waals surface area contributed by atoms with Crippen LogP contribution < -0.4 is 15.5 Å². The maximum absolute atomic E-state index is 12.7. The number of ether oxygens (including phenoxy) is 1. The first-order chi connectivity index (χ1) is 19.8. The zero-order chi connectivity index (χ0) is 28.6. The quantitative estimate of drug-likeness (QED) is 0.291. The molecule has 3 N–H and O–H groups in total. The van der Waals surface area contributed by atoms with Crippen molar-refractivity contribution in [2.24, 2.45) is 0 Å². The number of aromatic nitrogens is 3. The Morgan fingerprint density at radius 2 is 1.85 bits per heavy atom. The Morgan fingerprint density at radius 1 is 1.07 bits per heavy atom. The number of carbonyl (C=O) groups excluding carboxylic acids is 1. The summed E-state index contributed by atoms with van der Waals surface area (Å²) in [5.74, 6) is 1.40. The van der Waals surface area contributed by atoms with E-state index in [9.17, 15) is 9.90 Å². The van der Waals surface area contributed by atoms with Crippen molar-refractivity contribution in [3.05, 3.63) is 77.5 Å². The van der Waals surface area contributed by atoms with Crippen LogP contribution in [0.3, 0.4) is 0 Å². The van der Waals surface area contributed by atoms with Crippen molar-refractivity contribution in [1.82, 2.24) is 20.0 Å². The first-order valence-electron chi connectivity index (χ1n) is 13.6. The smallest absolute Gasteiger partial charge is 0.266 e. The Labute approximate surface area is 238 Å². The maximum atomic E-state index is 12.7. The van der Waals surface area contributed by atoms with Crippen molar-refractivity contribution in [3.63, 3.8) is 0 Å². The van der Waals surface area contributed by atoms with Crippen LogP contribution in [-0.4, -0.2) is 71.0 Å². The zero-order valence-corrected chi connectivity index (χ0v) is 23.3. The van der Waals surface area contributed by atoms with E-state index in [-0.39, 0.29) is 18.6 Å². The fourth-order valence-corrected chi connectivity index (χ4v) is 5.22. The van der Waals surface area contributed by atoms with Gasteiger partial charge in [0.05, 0.1) is 42.7 Å². The van der Waals surface area contributed by atoms with Crippen LogP contribution in [0, 0.1) is 0 Å². The van der Waals surface area contributed by atoms with Crippen LogP contribution in [0.25, 0.3) is 11.5 Å². The fraction of sp³-hybridized carbons (Fsp3) is 0.333. The number of aliphatic hydroxyl groups excluding tert-OH is 1. The molecule has 1 atom stereocenters. The lowest BCUT2D eigenvalue weighted by Crippen LogP contribution is -2.36. The van der Waals surface area contributed by atoms with E-state index < -0.39 is 5.54 Å². The van der Waals surface area contributed by atoms with E-state index in [0.717, 1.165) is 16.8 Å². The maximum Gasteiger partial charge on any atom is 0.266 e. The molecule has 2 aliphatic heterocycles. The molecular weight excluding hydrogens is 522 g/mol. The first-order valence-corrected chi connectivity index (χ1v) is 13.6. The number of pyridine rings is 1. The Bertz CT molecular complexity index is 1550. The fourth-order valence-electron chi connectivity index (χ4n) is 5.22. The second-order valence-corrected chi connectivity index (χ2v) is 10.7. The molecule has 2 aromatic carbocycles. The highest BCUT2D eigenvalue weighted by Gasteiger charge is 2.40. The molecule has 1 saturated heterocycles. The highest BCUT2D eigenvalue weighted by Crippen LogP contribution is 2.39. The van der Waals surface area contributed by atoms with Crippen LogP contribution in [0.2, 0.25) is 0 Å². The number of hydrogen-bond acceptors (Lipinski definition) is 10. The molecule has 0 bridgehead atoms. The van der Waals surface area contributed by atoms with E-state index in [2.05, 4.69) is 25.8 Å². The number of aliphatic hydroxyl groups is 1. The molecular formula is C30H33N7O4. The molecule has 0 radical (unpaired) electrons. The van der Waals surface area contributed by atoms with Gasteiger partial charge in [0.15, 0.2) is 0 Å². The number of morpholine rings is 1. The van der Waals surface area contributed by atoms with E-state index in [1.54, 1.807) is 11.1 Å². The minimum Gasteiger partial charge on any atom is -0.394 e. The summed E-state index contributed by atoms with van der Waals surface area (Å²) < 4.78 is 11.1. The average molecular weight is 556 g/mol. The minimum atomic E-state index is -0.422. The SMILES string of the molecule is CN1C(=O)c2ccc(Nc3cc(N[C@H](CO)c4ccccc4)c(-c4nc(N5CCOCC5)no4)cn3)cc2C1(C)C. The van der Waals surface area contributed by atoms with Gasteiger partial charge in [-0.25, -0.2) is 4.98 Å². The highest BCUT2D eigenvalue weighted by atomic mass is 16.5. The molecule has 0 spiro atoms. The monoisotopic (exact) mass is 555 g/mol. The Balaban J connectivity index is 1.34. The lowest BCUT2D eigenvalue weighted by atomic mass is 9.93. The molecule has 6 rings (SSSR count). The number of fused-ring (bicyclic) bond motifs is 1. The van der Waals surface area contributed by atoms with E-state index >= 15 is 0 Å². The number of benzene rings is 2. The van der Waals surface area contributed by atoms with E-state index in [4.69, 9.17) is 9.26 Å². The third kappa shape index (κ3) is 5.09. The van der Waals surface area contributed by atoms with Gasteiger partial charge < -0.3 is 34.8 Å². The van der Waals surface area contributed by atoms with Gasteiger partial charge in [-0.3, -0.25) is 4.79 Å². The third-order valence-corrected chi connectivity index (χ3v) is 7.88. The topological polar surface area (TPSA) is 129 Å². The lowest BCUT2D eigenvalue weighted by molar-refractivity contribution is 0.0691. The summed E-state index contributed by atoms with van der Waals surface area (Å²) in [6.07, 6.45) is 1.68. The van der Waals surface area contributed by atoms with Crippen LogP contribution in [0.15, 0.2) is 65.3 Å². The highest BCUT2D eigenvalue weighted by molar-refractivity contribution is 6.00. The molecule has 11 nitrogen and oxygen atoms in total. The number of carbonyl (C=O) groups is 1. The summed E-state index contributed by atoms with van der Waals surface area (Å²) in [5, 5.41) is 21.3. The summed E-state index contributed by atoms with van der Waals surface area (Å²) >= 11 is 0. The van der Waals surface area contributed by atoms with Crippen molar-refractivity contribution in [3.8, 4) is 11.5 Å². The van der Waals surface area contributed by atoms with Gasteiger partial charge in [0.1, 0.15) is 5.82 Å². The predicted molar refractivity (Wildman–Crippen MR) is 155 cm³/mol. The second kappa shape index (κ2) is 10.8. The molecule has 2 aliphatic rings. The number of nitrogens with zero attached hydrogens (tertiary/aromatic N) is 5. The summed E-state index contributed by atoms with van der Waals surface area (Å²) in [5.41, 5.74) is 4.25. The Kier molecular flexibility index (Phi) is 7.06. The number of rotatable bonds is 8. The van der Waals surface area contributed by atoms with Crippen molar-refractivity contribution in [2.45, 2.75) is 25.4 Å². The van der Waals surface area contributed by atoms with Gasteiger partial charge >= 0.3 is 0 Å². The van der Waals surface area contributed by atoms with Gasteiger partial charge in [-0.2, -0.15) is 4.98 Å². The molecule has 4 heterocycles. The lowest BCUT2D eigenvalue weighted by Gasteiger charge is -2.28. The largest absolute Gasteiger partial charge is 0.394 e. The van der Waals surface area contributed by atoms with Gasteiger partial charge in [-0.1, -0.05) is 30.3 Å². The second-order valence-electron chi connectivity index (χ2n) is 10.7. The molecule has 4 aromatic rings. The van der Waals surface area contributed by atoms with E-state index in [1.807, 2.05) is 80.4 Å². The van der Waals surface area contributed by atoms with Gasteiger partial charge in [-0.15, -0.1) is 0 Å². The molecule has 1 amide bonds. The summed E-state index contributed by atoms with van der Waals surface area (Å²) in [6, 6.07) is 16.9. The molecule has 0 aliphatic carbocycles. The van der Waals surface area contributed by atoms with E-state index in [0.29, 0.717) is 60.8 Å². The summed E-state index contributed by atoms with van der Waals surface area (Å²) in [6.45, 7) is 6.53. The van der Waals surface area contributed by atoms with Crippen molar-refractivity contribution in [2.75, 3.05) is 55.5 Å². The van der Waals surface area contributed by atoms with Crippen LogP contribution in [0.1, 0.15) is 41.4 Å². The predicted octanol–water partition coefficient (Wildman–Crippen LogP) is 4.18. The average Bonchev–Trinajstić information content (AvgIpc) is 3.55. The molecule has 1 fully saturated rings. The molecule has 2 aromatic heterocycles. The van der Waals surface area contributed by atoms with Crippen LogP contribution in [0.4, 0.5) is 23.1 Å². The van der Waals surface area contributed by atoms with Gasteiger partial charge in [-0.05, 0) is 48.3 Å². The third-order valence-electron chi connectivity index (χ3n) is 7.88. The van der Waals surface area contributed by atoms with Crippen LogP contribution >= 0.6 is 0 Å². The van der Waals surface area contributed by atoms with Crippen LogP contribution in [-0.2, 0) is 10.3 Å². The van der Waals surface area contributed by atoms with E-state index in [1.165, 1.54) is 0 Å². The molecule has 212 valence electrons. The Hall–Kier alpha value is -4.48. The summed E-state index contributed by atoms with van der Waals surface area (Å²) in [4.78, 5) is 25.8. The van der Waals surface area contributed by atoms with Gasteiger partial charge in [0, 0.05) is 43.7 Å². The van der Waals surface area contributed by atoms with Gasteiger partial charge in [0.25, 0.3) is 17.7 Å². The normalized spacial score (nSPS) is 16.9. The number of hydrogen-bond donors (Lipinski definition) is 3.